The molecule has 0 heterocycles. The first-order valence-corrected chi connectivity index (χ1v) is 7.32. The summed E-state index contributed by atoms with van der Waals surface area (Å²) in [7, 11) is 0. The molecule has 1 fully saturated rings. The van der Waals surface area contributed by atoms with Crippen LogP contribution in [0, 0.1) is 23.6 Å². The fourth-order valence-corrected chi connectivity index (χ4v) is 3.12. The third-order valence-electron chi connectivity index (χ3n) is 4.24. The van der Waals surface area contributed by atoms with Crippen molar-refractivity contribution < 1.29 is 9.18 Å². The minimum atomic E-state index is -0.400. The molecular weight excluding hydrogens is 263 g/mol. The Morgan fingerprint density at radius 3 is 2.84 bits per heavy atom. The summed E-state index contributed by atoms with van der Waals surface area (Å²) in [5.74, 6) is 1.09. The first-order chi connectivity index (χ1) is 8.99. The number of rotatable bonds is 3. The Kier molecular flexibility index (Phi) is 4.62. The summed E-state index contributed by atoms with van der Waals surface area (Å²) >= 11 is 5.97. The van der Waals surface area contributed by atoms with Crippen LogP contribution in [-0.2, 0) is 11.2 Å². The number of halogens is 2. The minimum Gasteiger partial charge on any atom is -0.299 e. The summed E-state index contributed by atoms with van der Waals surface area (Å²) in [6, 6.07) is 4.83. The van der Waals surface area contributed by atoms with E-state index in [-0.39, 0.29) is 10.9 Å². The van der Waals surface area contributed by atoms with Crippen LogP contribution < -0.4 is 0 Å². The molecule has 1 saturated carbocycles. The molecule has 0 aromatic heterocycles. The minimum absolute atomic E-state index is 0.000417. The summed E-state index contributed by atoms with van der Waals surface area (Å²) in [6.07, 6.45) is 3.12. The van der Waals surface area contributed by atoms with Crippen LogP contribution in [0.4, 0.5) is 4.39 Å². The van der Waals surface area contributed by atoms with Gasteiger partial charge in [-0.15, -0.1) is 0 Å². The van der Waals surface area contributed by atoms with Gasteiger partial charge in [0.1, 0.15) is 11.6 Å². The van der Waals surface area contributed by atoms with Gasteiger partial charge in [0.15, 0.2) is 0 Å². The molecule has 1 aliphatic rings. The predicted octanol–water partition coefficient (Wildman–Crippen LogP) is 4.66. The SMILES string of the molecule is CC(C)C1CCC(=O)C(Cc2cccc(F)c2Cl)C1. The molecule has 1 nitrogen and oxygen atoms in total. The molecule has 0 aliphatic heterocycles. The molecule has 3 heteroatoms. The van der Waals surface area contributed by atoms with Gasteiger partial charge in [-0.2, -0.15) is 0 Å². The molecule has 19 heavy (non-hydrogen) atoms. The number of benzene rings is 1. The van der Waals surface area contributed by atoms with Crippen molar-refractivity contribution >= 4 is 17.4 Å². The molecule has 0 spiro atoms. The highest BCUT2D eigenvalue weighted by molar-refractivity contribution is 6.31. The van der Waals surface area contributed by atoms with Crippen molar-refractivity contribution in [2.24, 2.45) is 17.8 Å². The molecule has 2 atom stereocenters. The lowest BCUT2D eigenvalue weighted by molar-refractivity contribution is -0.125. The Labute approximate surface area is 119 Å². The summed E-state index contributed by atoms with van der Waals surface area (Å²) in [5.41, 5.74) is 0.754. The predicted molar refractivity (Wildman–Crippen MR) is 75.8 cm³/mol. The maximum absolute atomic E-state index is 13.4. The van der Waals surface area contributed by atoms with E-state index in [4.69, 9.17) is 11.6 Å². The van der Waals surface area contributed by atoms with Gasteiger partial charge in [-0.25, -0.2) is 4.39 Å². The van der Waals surface area contributed by atoms with Crippen molar-refractivity contribution in [3.63, 3.8) is 0 Å². The Morgan fingerprint density at radius 1 is 1.42 bits per heavy atom. The van der Waals surface area contributed by atoms with Crippen molar-refractivity contribution in [1.82, 2.24) is 0 Å². The largest absolute Gasteiger partial charge is 0.299 e. The van der Waals surface area contributed by atoms with Gasteiger partial charge in [0, 0.05) is 12.3 Å². The monoisotopic (exact) mass is 282 g/mol. The summed E-state index contributed by atoms with van der Waals surface area (Å²) in [6.45, 7) is 4.40. The van der Waals surface area contributed by atoms with E-state index in [0.717, 1.165) is 18.4 Å². The van der Waals surface area contributed by atoms with Gasteiger partial charge in [0.05, 0.1) is 5.02 Å². The molecule has 1 aromatic rings. The summed E-state index contributed by atoms with van der Waals surface area (Å²) < 4.78 is 13.4. The van der Waals surface area contributed by atoms with Crippen LogP contribution in [0.25, 0.3) is 0 Å². The number of ketones is 1. The second-order valence-electron chi connectivity index (χ2n) is 5.86. The molecular formula is C16H20ClFO. The van der Waals surface area contributed by atoms with Gasteiger partial charge in [-0.3, -0.25) is 4.79 Å². The second kappa shape index (κ2) is 6.04. The molecule has 0 bridgehead atoms. The number of hydrogen-bond donors (Lipinski definition) is 0. The third kappa shape index (κ3) is 3.36. The van der Waals surface area contributed by atoms with Crippen LogP contribution in [-0.4, -0.2) is 5.78 Å². The summed E-state index contributed by atoms with van der Waals surface area (Å²) in [5, 5.41) is 0.168. The highest BCUT2D eigenvalue weighted by atomic mass is 35.5. The molecule has 1 aliphatic carbocycles. The number of carbonyl (C=O) groups is 1. The van der Waals surface area contributed by atoms with Gasteiger partial charge in [0.25, 0.3) is 0 Å². The van der Waals surface area contributed by atoms with E-state index in [1.165, 1.54) is 6.07 Å². The molecule has 0 radical (unpaired) electrons. The van der Waals surface area contributed by atoms with Gasteiger partial charge >= 0.3 is 0 Å². The van der Waals surface area contributed by atoms with E-state index in [2.05, 4.69) is 13.8 Å². The highest BCUT2D eigenvalue weighted by Crippen LogP contribution is 2.34. The fraction of sp³-hybridized carbons (Fsp3) is 0.562. The van der Waals surface area contributed by atoms with Crippen LogP contribution in [0.3, 0.4) is 0 Å². The zero-order valence-corrected chi connectivity index (χ0v) is 12.2. The second-order valence-corrected chi connectivity index (χ2v) is 6.24. The molecule has 0 saturated heterocycles. The first kappa shape index (κ1) is 14.5. The Bertz CT molecular complexity index is 470. The van der Waals surface area contributed by atoms with E-state index in [1.54, 1.807) is 6.07 Å². The quantitative estimate of drug-likeness (QED) is 0.788. The maximum atomic E-state index is 13.4. The van der Waals surface area contributed by atoms with Crippen LogP contribution >= 0.6 is 11.6 Å². The molecule has 0 amide bonds. The molecule has 0 N–H and O–H groups in total. The van der Waals surface area contributed by atoms with Crippen molar-refractivity contribution in [2.75, 3.05) is 0 Å². The van der Waals surface area contributed by atoms with Gasteiger partial charge < -0.3 is 0 Å². The van der Waals surface area contributed by atoms with E-state index < -0.39 is 5.82 Å². The zero-order valence-electron chi connectivity index (χ0n) is 11.5. The van der Waals surface area contributed by atoms with Crippen LogP contribution in [0.5, 0.6) is 0 Å². The Morgan fingerprint density at radius 2 is 2.16 bits per heavy atom. The van der Waals surface area contributed by atoms with Crippen molar-refractivity contribution in [3.8, 4) is 0 Å². The van der Waals surface area contributed by atoms with Crippen LogP contribution in [0.15, 0.2) is 18.2 Å². The molecule has 1 aromatic carbocycles. The van der Waals surface area contributed by atoms with E-state index in [0.29, 0.717) is 30.5 Å². The molecule has 104 valence electrons. The van der Waals surface area contributed by atoms with Crippen LogP contribution in [0.1, 0.15) is 38.7 Å². The number of carbonyl (C=O) groups excluding carboxylic acids is 1. The summed E-state index contributed by atoms with van der Waals surface area (Å²) in [4.78, 5) is 12.0. The Balaban J connectivity index is 2.12. The lowest BCUT2D eigenvalue weighted by Crippen LogP contribution is -2.29. The lowest BCUT2D eigenvalue weighted by Gasteiger charge is -2.30. The first-order valence-electron chi connectivity index (χ1n) is 6.94. The maximum Gasteiger partial charge on any atom is 0.142 e. The van der Waals surface area contributed by atoms with Crippen molar-refractivity contribution in [1.29, 1.82) is 0 Å². The van der Waals surface area contributed by atoms with E-state index in [1.807, 2.05) is 6.07 Å². The van der Waals surface area contributed by atoms with Gasteiger partial charge in [-0.05, 0) is 42.7 Å². The zero-order chi connectivity index (χ0) is 14.0. The fourth-order valence-electron chi connectivity index (χ4n) is 2.92. The third-order valence-corrected chi connectivity index (χ3v) is 4.67. The smallest absolute Gasteiger partial charge is 0.142 e. The normalized spacial score (nSPS) is 23.9. The topological polar surface area (TPSA) is 17.1 Å². The van der Waals surface area contributed by atoms with Gasteiger partial charge in [0.2, 0.25) is 0 Å². The Hall–Kier alpha value is -0.890. The molecule has 2 unspecified atom stereocenters. The van der Waals surface area contributed by atoms with E-state index in [9.17, 15) is 9.18 Å². The average Bonchev–Trinajstić information content (AvgIpc) is 2.37. The molecule has 2 rings (SSSR count). The lowest BCUT2D eigenvalue weighted by atomic mass is 9.73. The van der Waals surface area contributed by atoms with Crippen molar-refractivity contribution in [3.05, 3.63) is 34.6 Å². The van der Waals surface area contributed by atoms with Gasteiger partial charge in [-0.1, -0.05) is 37.6 Å². The van der Waals surface area contributed by atoms with Crippen LogP contribution in [0.2, 0.25) is 5.02 Å². The highest BCUT2D eigenvalue weighted by Gasteiger charge is 2.30. The van der Waals surface area contributed by atoms with E-state index >= 15 is 0 Å². The average molecular weight is 283 g/mol. The van der Waals surface area contributed by atoms with Crippen molar-refractivity contribution in [2.45, 2.75) is 39.5 Å². The standard InChI is InChI=1S/C16H20ClFO/c1-10(2)11-6-7-15(19)13(8-11)9-12-4-3-5-14(18)16(12)17/h3-5,10-11,13H,6-9H2,1-2H3. The number of hydrogen-bond acceptors (Lipinski definition) is 1. The number of Topliss-reactive ketones (excluding diaryl/α,β-unsaturated/α-hetero) is 1.